The van der Waals surface area contributed by atoms with Crippen molar-refractivity contribution in [1.82, 2.24) is 10.2 Å². The second-order valence-corrected chi connectivity index (χ2v) is 3.18. The monoisotopic (exact) mass is 176 g/mol. The standard InChI is InChI=1S/C10H12N2O/c1-7-3-8(6-13-2)4-9-5-11-12-10(7)9/h3-5H,6H2,1-2H3,(H,11,12). The molecule has 2 aromatic rings. The summed E-state index contributed by atoms with van der Waals surface area (Å²) in [5.41, 5.74) is 3.51. The number of ether oxygens (including phenoxy) is 1. The molecule has 0 saturated carbocycles. The maximum Gasteiger partial charge on any atom is 0.0713 e. The fourth-order valence-corrected chi connectivity index (χ4v) is 1.56. The van der Waals surface area contributed by atoms with Crippen molar-refractivity contribution in [2.75, 3.05) is 7.11 Å². The SMILES string of the molecule is COCc1cc(C)c2[nH]ncc2c1. The van der Waals surface area contributed by atoms with E-state index in [9.17, 15) is 0 Å². The third-order valence-corrected chi connectivity index (χ3v) is 2.12. The van der Waals surface area contributed by atoms with Gasteiger partial charge in [0, 0.05) is 12.5 Å². The van der Waals surface area contributed by atoms with Gasteiger partial charge in [-0.25, -0.2) is 0 Å². The molecular formula is C10H12N2O. The van der Waals surface area contributed by atoms with Gasteiger partial charge in [0.15, 0.2) is 0 Å². The molecule has 0 radical (unpaired) electrons. The molecule has 0 fully saturated rings. The lowest BCUT2D eigenvalue weighted by Crippen LogP contribution is -1.88. The molecule has 0 atom stereocenters. The van der Waals surface area contributed by atoms with Crippen LogP contribution < -0.4 is 0 Å². The molecule has 13 heavy (non-hydrogen) atoms. The van der Waals surface area contributed by atoms with Crippen molar-refractivity contribution < 1.29 is 4.74 Å². The molecule has 68 valence electrons. The number of aryl methyl sites for hydroxylation is 1. The highest BCUT2D eigenvalue weighted by Gasteiger charge is 2.01. The maximum atomic E-state index is 5.08. The summed E-state index contributed by atoms with van der Waals surface area (Å²) in [4.78, 5) is 0. The first-order valence-corrected chi connectivity index (χ1v) is 4.23. The molecule has 0 unspecified atom stereocenters. The lowest BCUT2D eigenvalue weighted by Gasteiger charge is -2.01. The second kappa shape index (κ2) is 3.18. The lowest BCUT2D eigenvalue weighted by atomic mass is 10.1. The van der Waals surface area contributed by atoms with Gasteiger partial charge in [0.05, 0.1) is 18.3 Å². The molecule has 0 spiro atoms. The van der Waals surface area contributed by atoms with E-state index in [0.717, 1.165) is 10.9 Å². The third-order valence-electron chi connectivity index (χ3n) is 2.12. The Balaban J connectivity index is 2.56. The minimum atomic E-state index is 0.655. The molecule has 1 N–H and O–H groups in total. The highest BCUT2D eigenvalue weighted by molar-refractivity contribution is 5.81. The molecule has 0 aliphatic heterocycles. The zero-order valence-electron chi connectivity index (χ0n) is 7.79. The number of hydrogen-bond donors (Lipinski definition) is 1. The van der Waals surface area contributed by atoms with Crippen molar-refractivity contribution >= 4 is 10.9 Å². The van der Waals surface area contributed by atoms with E-state index < -0.39 is 0 Å². The summed E-state index contributed by atoms with van der Waals surface area (Å²) in [6.07, 6.45) is 1.83. The molecule has 0 aliphatic rings. The minimum Gasteiger partial charge on any atom is -0.380 e. The minimum absolute atomic E-state index is 0.655. The smallest absolute Gasteiger partial charge is 0.0713 e. The van der Waals surface area contributed by atoms with Crippen molar-refractivity contribution in [3.05, 3.63) is 29.5 Å². The van der Waals surface area contributed by atoms with E-state index in [1.807, 2.05) is 6.20 Å². The number of nitrogens with one attached hydrogen (secondary N) is 1. The van der Waals surface area contributed by atoms with Crippen LogP contribution in [0.1, 0.15) is 11.1 Å². The van der Waals surface area contributed by atoms with E-state index in [0.29, 0.717) is 6.61 Å². The van der Waals surface area contributed by atoms with E-state index in [4.69, 9.17) is 4.74 Å². The molecule has 1 aromatic carbocycles. The predicted molar refractivity (Wildman–Crippen MR) is 51.5 cm³/mol. The van der Waals surface area contributed by atoms with Crippen molar-refractivity contribution in [3.63, 3.8) is 0 Å². The summed E-state index contributed by atoms with van der Waals surface area (Å²) in [5.74, 6) is 0. The van der Waals surface area contributed by atoms with E-state index in [-0.39, 0.29) is 0 Å². The van der Waals surface area contributed by atoms with Gasteiger partial charge in [-0.05, 0) is 24.1 Å². The number of nitrogens with zero attached hydrogens (tertiary/aromatic N) is 1. The number of aromatic amines is 1. The van der Waals surface area contributed by atoms with Gasteiger partial charge in [-0.3, -0.25) is 5.10 Å². The van der Waals surface area contributed by atoms with E-state index in [1.165, 1.54) is 11.1 Å². The number of hydrogen-bond acceptors (Lipinski definition) is 2. The fraction of sp³-hybridized carbons (Fsp3) is 0.300. The molecule has 0 amide bonds. The van der Waals surface area contributed by atoms with Crippen LogP contribution in [0.2, 0.25) is 0 Å². The average Bonchev–Trinajstić information content (AvgIpc) is 2.53. The van der Waals surface area contributed by atoms with Crippen molar-refractivity contribution in [3.8, 4) is 0 Å². The fourth-order valence-electron chi connectivity index (χ4n) is 1.56. The first-order chi connectivity index (χ1) is 6.31. The van der Waals surface area contributed by atoms with E-state index in [1.54, 1.807) is 7.11 Å². The van der Waals surface area contributed by atoms with Crippen LogP contribution >= 0.6 is 0 Å². The molecular weight excluding hydrogens is 164 g/mol. The highest BCUT2D eigenvalue weighted by atomic mass is 16.5. The molecule has 0 aliphatic carbocycles. The maximum absolute atomic E-state index is 5.08. The van der Waals surface area contributed by atoms with E-state index >= 15 is 0 Å². The topological polar surface area (TPSA) is 37.9 Å². The van der Waals surface area contributed by atoms with Crippen molar-refractivity contribution in [2.45, 2.75) is 13.5 Å². The van der Waals surface area contributed by atoms with Crippen LogP contribution in [-0.4, -0.2) is 17.3 Å². The van der Waals surface area contributed by atoms with Gasteiger partial charge in [0.1, 0.15) is 0 Å². The molecule has 3 nitrogen and oxygen atoms in total. The molecule has 3 heteroatoms. The Bertz CT molecular complexity index is 420. The van der Waals surface area contributed by atoms with Gasteiger partial charge in [-0.1, -0.05) is 6.07 Å². The van der Waals surface area contributed by atoms with Crippen LogP contribution in [0.15, 0.2) is 18.3 Å². The van der Waals surface area contributed by atoms with Crippen LogP contribution in [-0.2, 0) is 11.3 Å². The van der Waals surface area contributed by atoms with Crippen LogP contribution in [0, 0.1) is 6.92 Å². The summed E-state index contributed by atoms with van der Waals surface area (Å²) in [6.45, 7) is 2.72. The Hall–Kier alpha value is -1.35. The summed E-state index contributed by atoms with van der Waals surface area (Å²) in [5, 5.41) is 8.11. The molecule has 0 saturated heterocycles. The first kappa shape index (κ1) is 8.26. The van der Waals surface area contributed by atoms with Crippen molar-refractivity contribution in [2.24, 2.45) is 0 Å². The average molecular weight is 176 g/mol. The predicted octanol–water partition coefficient (Wildman–Crippen LogP) is 2.02. The number of H-pyrrole nitrogens is 1. The van der Waals surface area contributed by atoms with Gasteiger partial charge >= 0.3 is 0 Å². The van der Waals surface area contributed by atoms with Gasteiger partial charge in [0.25, 0.3) is 0 Å². The Labute approximate surface area is 76.7 Å². The van der Waals surface area contributed by atoms with Crippen molar-refractivity contribution in [1.29, 1.82) is 0 Å². The Morgan fingerprint density at radius 2 is 2.31 bits per heavy atom. The normalized spacial score (nSPS) is 10.9. The quantitative estimate of drug-likeness (QED) is 0.760. The highest BCUT2D eigenvalue weighted by Crippen LogP contribution is 2.18. The number of benzene rings is 1. The summed E-state index contributed by atoms with van der Waals surface area (Å²) in [6, 6.07) is 4.21. The van der Waals surface area contributed by atoms with Crippen LogP contribution in [0.3, 0.4) is 0 Å². The summed E-state index contributed by atoms with van der Waals surface area (Å²) in [7, 11) is 1.70. The third kappa shape index (κ3) is 1.42. The zero-order chi connectivity index (χ0) is 9.26. The number of rotatable bonds is 2. The molecule has 1 heterocycles. The van der Waals surface area contributed by atoms with Gasteiger partial charge < -0.3 is 4.74 Å². The molecule has 2 rings (SSSR count). The largest absolute Gasteiger partial charge is 0.380 e. The van der Waals surface area contributed by atoms with Gasteiger partial charge in [0.2, 0.25) is 0 Å². The van der Waals surface area contributed by atoms with Crippen LogP contribution in [0.25, 0.3) is 10.9 Å². The number of methoxy groups -OCH3 is 1. The summed E-state index contributed by atoms with van der Waals surface area (Å²) >= 11 is 0. The molecule has 0 bridgehead atoms. The van der Waals surface area contributed by atoms with Crippen LogP contribution in [0.4, 0.5) is 0 Å². The van der Waals surface area contributed by atoms with Crippen LogP contribution in [0.5, 0.6) is 0 Å². The Morgan fingerprint density at radius 3 is 3.08 bits per heavy atom. The number of fused-ring (bicyclic) bond motifs is 1. The Morgan fingerprint density at radius 1 is 1.46 bits per heavy atom. The molecule has 1 aromatic heterocycles. The first-order valence-electron chi connectivity index (χ1n) is 4.23. The van der Waals surface area contributed by atoms with E-state index in [2.05, 4.69) is 29.3 Å². The van der Waals surface area contributed by atoms with Gasteiger partial charge in [-0.2, -0.15) is 5.10 Å². The zero-order valence-corrected chi connectivity index (χ0v) is 7.79. The summed E-state index contributed by atoms with van der Waals surface area (Å²) < 4.78 is 5.08. The lowest BCUT2D eigenvalue weighted by molar-refractivity contribution is 0.185. The van der Waals surface area contributed by atoms with Gasteiger partial charge in [-0.15, -0.1) is 0 Å². The number of aromatic nitrogens is 2. The Kier molecular flexibility index (Phi) is 2.02. The second-order valence-electron chi connectivity index (χ2n) is 3.18.